The van der Waals surface area contributed by atoms with Gasteiger partial charge in [0.25, 0.3) is 0 Å². The molecule has 0 radical (unpaired) electrons. The Hall–Kier alpha value is 0.766. The number of carboxylic acids is 1. The van der Waals surface area contributed by atoms with Crippen molar-refractivity contribution in [3.05, 3.63) is 34.3 Å². The molecule has 1 saturated heterocycles. The monoisotopic (exact) mass is 282 g/mol. The number of rotatable bonds is 2. The van der Waals surface area contributed by atoms with Crippen LogP contribution >= 0.6 is 15.9 Å². The van der Waals surface area contributed by atoms with Gasteiger partial charge in [-0.15, -0.1) is 0 Å². The van der Waals surface area contributed by atoms with Crippen molar-refractivity contribution >= 4 is 73.3 Å². The third-order valence-electron chi connectivity index (χ3n) is 2.09. The van der Waals surface area contributed by atoms with Crippen molar-refractivity contribution in [3.8, 4) is 0 Å². The number of epoxide rings is 1. The molecule has 1 aromatic rings. The topological polar surface area (TPSA) is 49.8 Å². The summed E-state index contributed by atoms with van der Waals surface area (Å²) in [5, 5.41) is 8.94. The molecule has 2 rings (SSSR count). The summed E-state index contributed by atoms with van der Waals surface area (Å²) in [5.41, 5.74) is -0.414. The fraction of sp³-hybridized carbons (Fsp3) is 0.222. The molecule has 5 heteroatoms. The Morgan fingerprint density at radius 1 is 1.50 bits per heavy atom. The standard InChI is InChI=1S/C9H7BrO3.K.H/c10-7-4-2-1-3-6(7)9(5-13-9)8(11)12;;/h1-4H,5H2,(H,11,12);;. The number of ether oxygens (including phenoxy) is 1. The van der Waals surface area contributed by atoms with Crippen LogP contribution < -0.4 is 0 Å². The average molecular weight is 283 g/mol. The summed E-state index contributed by atoms with van der Waals surface area (Å²) < 4.78 is 5.77. The number of carboxylic acid groups (broad SMARTS) is 1. The first kappa shape index (κ1) is 12.8. The van der Waals surface area contributed by atoms with Crippen LogP contribution in [0.4, 0.5) is 0 Å². The van der Waals surface area contributed by atoms with Gasteiger partial charge in [-0.1, -0.05) is 34.1 Å². The van der Waals surface area contributed by atoms with Crippen molar-refractivity contribution in [2.45, 2.75) is 5.60 Å². The Balaban J connectivity index is 0.000000980. The second-order valence-electron chi connectivity index (χ2n) is 2.90. The van der Waals surface area contributed by atoms with Crippen LogP contribution in [-0.2, 0) is 15.1 Å². The molecular weight excluding hydrogens is 275 g/mol. The van der Waals surface area contributed by atoms with Gasteiger partial charge < -0.3 is 9.84 Å². The Morgan fingerprint density at radius 3 is 2.50 bits per heavy atom. The Bertz CT molecular complexity index is 363. The molecule has 1 N–H and O–H groups in total. The van der Waals surface area contributed by atoms with Gasteiger partial charge in [0.1, 0.15) is 0 Å². The molecular formula is C9H8BrKO3. The van der Waals surface area contributed by atoms with Crippen molar-refractivity contribution in [1.29, 1.82) is 0 Å². The summed E-state index contributed by atoms with van der Waals surface area (Å²) >= 11 is 3.30. The van der Waals surface area contributed by atoms with E-state index in [2.05, 4.69) is 15.9 Å². The summed E-state index contributed by atoms with van der Waals surface area (Å²) in [5.74, 6) is -0.931. The van der Waals surface area contributed by atoms with Gasteiger partial charge in [0, 0.05) is 10.0 Å². The number of aliphatic carboxylic acids is 1. The SMILES string of the molecule is O=C(O)C1(c2ccccc2Br)CO1.[KH]. The van der Waals surface area contributed by atoms with E-state index in [1.54, 1.807) is 12.1 Å². The predicted octanol–water partition coefficient (Wildman–Crippen LogP) is 1.11. The van der Waals surface area contributed by atoms with Crippen LogP contribution in [-0.4, -0.2) is 69.1 Å². The Labute approximate surface area is 132 Å². The van der Waals surface area contributed by atoms with Gasteiger partial charge in [-0.05, 0) is 6.07 Å². The molecule has 0 amide bonds. The molecule has 1 aliphatic heterocycles. The van der Waals surface area contributed by atoms with Crippen molar-refractivity contribution in [3.63, 3.8) is 0 Å². The van der Waals surface area contributed by atoms with Gasteiger partial charge in [0.05, 0.1) is 6.61 Å². The molecule has 0 spiro atoms. The second kappa shape index (κ2) is 4.74. The predicted molar refractivity (Wildman–Crippen MR) is 56.6 cm³/mol. The van der Waals surface area contributed by atoms with Gasteiger partial charge in [-0.3, -0.25) is 0 Å². The first-order valence-electron chi connectivity index (χ1n) is 3.79. The van der Waals surface area contributed by atoms with Gasteiger partial charge in [-0.25, -0.2) is 4.79 Å². The number of carbonyl (C=O) groups is 1. The zero-order valence-electron chi connectivity index (χ0n) is 6.66. The van der Waals surface area contributed by atoms with Crippen LogP contribution in [0, 0.1) is 0 Å². The Morgan fingerprint density at radius 2 is 2.07 bits per heavy atom. The van der Waals surface area contributed by atoms with E-state index in [0.717, 1.165) is 4.47 Å². The van der Waals surface area contributed by atoms with Crippen molar-refractivity contribution in [2.24, 2.45) is 0 Å². The number of hydrogen-bond acceptors (Lipinski definition) is 2. The molecule has 3 nitrogen and oxygen atoms in total. The van der Waals surface area contributed by atoms with E-state index >= 15 is 0 Å². The maximum absolute atomic E-state index is 10.9. The van der Waals surface area contributed by atoms with Gasteiger partial charge in [-0.2, -0.15) is 0 Å². The van der Waals surface area contributed by atoms with Gasteiger partial charge >= 0.3 is 57.4 Å². The zero-order chi connectivity index (χ0) is 9.47. The van der Waals surface area contributed by atoms with E-state index < -0.39 is 11.6 Å². The molecule has 0 bridgehead atoms. The van der Waals surface area contributed by atoms with E-state index in [1.807, 2.05) is 12.1 Å². The van der Waals surface area contributed by atoms with Gasteiger partial charge in [0.15, 0.2) is 0 Å². The molecule has 70 valence electrons. The maximum atomic E-state index is 10.9. The summed E-state index contributed by atoms with van der Waals surface area (Å²) in [7, 11) is 0. The second-order valence-corrected chi connectivity index (χ2v) is 3.76. The van der Waals surface area contributed by atoms with Crippen LogP contribution in [0.1, 0.15) is 5.56 Å². The molecule has 0 aromatic heterocycles. The molecule has 0 saturated carbocycles. The van der Waals surface area contributed by atoms with Crippen LogP contribution in [0.5, 0.6) is 0 Å². The quantitative estimate of drug-likeness (QED) is 0.653. The molecule has 1 fully saturated rings. The minimum atomic E-state index is -1.10. The minimum absolute atomic E-state index is 0. The summed E-state index contributed by atoms with van der Waals surface area (Å²) in [6, 6.07) is 7.20. The molecule has 14 heavy (non-hydrogen) atoms. The third-order valence-corrected chi connectivity index (χ3v) is 2.78. The van der Waals surface area contributed by atoms with Crippen molar-refractivity contribution < 1.29 is 14.6 Å². The third kappa shape index (κ3) is 2.14. The molecule has 0 aliphatic carbocycles. The first-order valence-corrected chi connectivity index (χ1v) is 4.58. The van der Waals surface area contributed by atoms with E-state index in [-0.39, 0.29) is 58.0 Å². The zero-order valence-corrected chi connectivity index (χ0v) is 8.24. The van der Waals surface area contributed by atoms with Crippen LogP contribution in [0.3, 0.4) is 0 Å². The van der Waals surface area contributed by atoms with Crippen molar-refractivity contribution in [2.75, 3.05) is 6.61 Å². The number of benzene rings is 1. The number of halogens is 1. The molecule has 1 unspecified atom stereocenters. The average Bonchev–Trinajstić information content (AvgIpc) is 2.85. The Kier molecular flexibility index (Phi) is 4.34. The fourth-order valence-electron chi connectivity index (χ4n) is 1.26. The first-order chi connectivity index (χ1) is 6.17. The van der Waals surface area contributed by atoms with E-state index in [0.29, 0.717) is 5.56 Å². The van der Waals surface area contributed by atoms with Gasteiger partial charge in [0.2, 0.25) is 5.60 Å². The van der Waals surface area contributed by atoms with Crippen molar-refractivity contribution in [1.82, 2.24) is 0 Å². The van der Waals surface area contributed by atoms with E-state index in [1.165, 1.54) is 0 Å². The van der Waals surface area contributed by atoms with Crippen LogP contribution in [0.2, 0.25) is 0 Å². The summed E-state index contributed by atoms with van der Waals surface area (Å²) in [6.07, 6.45) is 0. The molecule has 1 heterocycles. The summed E-state index contributed by atoms with van der Waals surface area (Å²) in [4.78, 5) is 10.9. The number of hydrogen-bond donors (Lipinski definition) is 1. The normalized spacial score (nSPS) is 23.8. The molecule has 1 atom stereocenters. The fourth-order valence-corrected chi connectivity index (χ4v) is 1.86. The molecule has 1 aromatic carbocycles. The molecule has 1 aliphatic rings. The van der Waals surface area contributed by atoms with E-state index in [9.17, 15) is 4.79 Å². The van der Waals surface area contributed by atoms with E-state index in [4.69, 9.17) is 9.84 Å². The van der Waals surface area contributed by atoms with Crippen LogP contribution in [0.25, 0.3) is 0 Å². The van der Waals surface area contributed by atoms with Crippen LogP contribution in [0.15, 0.2) is 28.7 Å². The summed E-state index contributed by atoms with van der Waals surface area (Å²) in [6.45, 7) is 0.255.